The molecule has 1 aliphatic heterocycles. The predicted molar refractivity (Wildman–Crippen MR) is 108 cm³/mol. The number of carbonyl (C=O) groups is 4. The zero-order valence-corrected chi connectivity index (χ0v) is 18.0. The van der Waals surface area contributed by atoms with Crippen LogP contribution in [0.4, 0.5) is 4.79 Å². The maximum absolute atomic E-state index is 12.9. The zero-order chi connectivity index (χ0) is 22.5. The van der Waals surface area contributed by atoms with Crippen molar-refractivity contribution < 1.29 is 28.7 Å². The highest BCUT2D eigenvalue weighted by Gasteiger charge is 2.52. The van der Waals surface area contributed by atoms with E-state index in [1.54, 1.807) is 6.92 Å². The molecule has 0 bridgehead atoms. The fourth-order valence-corrected chi connectivity index (χ4v) is 3.40. The lowest BCUT2D eigenvalue weighted by molar-refractivity contribution is -0.142. The first-order valence-electron chi connectivity index (χ1n) is 9.69. The van der Waals surface area contributed by atoms with E-state index in [1.807, 2.05) is 51.1 Å². The molecule has 0 saturated carbocycles. The lowest BCUT2D eigenvalue weighted by Crippen LogP contribution is -2.53. The number of benzene rings is 1. The SMILES string of the molecule is COC(=O)CNC(=O)CN1C(=O)[C@H](C)N(C(=O)OCc2ccccc2)[C@H]1C(C)(C)C. The van der Waals surface area contributed by atoms with Crippen LogP contribution in [0.2, 0.25) is 0 Å². The minimum absolute atomic E-state index is 0.0769. The number of hydrogen-bond acceptors (Lipinski definition) is 6. The van der Waals surface area contributed by atoms with E-state index in [4.69, 9.17) is 4.74 Å². The van der Waals surface area contributed by atoms with Crippen LogP contribution >= 0.6 is 0 Å². The van der Waals surface area contributed by atoms with Crippen LogP contribution in [0.25, 0.3) is 0 Å². The van der Waals surface area contributed by atoms with Crippen LogP contribution in [0.5, 0.6) is 0 Å². The van der Waals surface area contributed by atoms with Crippen LogP contribution in [-0.2, 0) is 30.5 Å². The van der Waals surface area contributed by atoms with Gasteiger partial charge in [0.1, 0.15) is 31.9 Å². The van der Waals surface area contributed by atoms with Crippen molar-refractivity contribution in [3.63, 3.8) is 0 Å². The van der Waals surface area contributed by atoms with Gasteiger partial charge in [-0.15, -0.1) is 0 Å². The van der Waals surface area contributed by atoms with Gasteiger partial charge >= 0.3 is 12.1 Å². The van der Waals surface area contributed by atoms with Gasteiger partial charge in [-0.2, -0.15) is 0 Å². The van der Waals surface area contributed by atoms with Crippen molar-refractivity contribution in [2.45, 2.75) is 46.5 Å². The van der Waals surface area contributed by atoms with Gasteiger partial charge in [0.15, 0.2) is 0 Å². The van der Waals surface area contributed by atoms with E-state index < -0.39 is 35.6 Å². The summed E-state index contributed by atoms with van der Waals surface area (Å²) < 4.78 is 9.94. The van der Waals surface area contributed by atoms with E-state index in [0.29, 0.717) is 0 Å². The van der Waals surface area contributed by atoms with Gasteiger partial charge in [-0.1, -0.05) is 51.1 Å². The molecule has 9 nitrogen and oxygen atoms in total. The minimum Gasteiger partial charge on any atom is -0.468 e. The molecular formula is C21H29N3O6. The summed E-state index contributed by atoms with van der Waals surface area (Å²) in [4.78, 5) is 52.0. The van der Waals surface area contributed by atoms with Crippen molar-refractivity contribution in [2.24, 2.45) is 5.41 Å². The first-order chi connectivity index (χ1) is 14.1. The molecular weight excluding hydrogens is 390 g/mol. The molecule has 2 rings (SSSR count). The fraction of sp³-hybridized carbons (Fsp3) is 0.524. The van der Waals surface area contributed by atoms with Crippen LogP contribution in [0.3, 0.4) is 0 Å². The van der Waals surface area contributed by atoms with E-state index in [9.17, 15) is 19.2 Å². The molecule has 1 aliphatic rings. The van der Waals surface area contributed by atoms with Gasteiger partial charge in [-0.05, 0) is 12.5 Å². The summed E-state index contributed by atoms with van der Waals surface area (Å²) in [7, 11) is 1.22. The first kappa shape index (κ1) is 23.2. The summed E-state index contributed by atoms with van der Waals surface area (Å²) in [5.74, 6) is -1.47. The molecule has 1 fully saturated rings. The van der Waals surface area contributed by atoms with Crippen LogP contribution in [-0.4, -0.2) is 66.1 Å². The van der Waals surface area contributed by atoms with Gasteiger partial charge in [-0.25, -0.2) is 4.79 Å². The number of nitrogens with one attached hydrogen (secondary N) is 1. The molecule has 0 radical (unpaired) electrons. The summed E-state index contributed by atoms with van der Waals surface area (Å²) in [6, 6.07) is 8.45. The molecule has 0 aromatic heterocycles. The number of amides is 3. The van der Waals surface area contributed by atoms with E-state index in [1.165, 1.54) is 16.9 Å². The Bertz CT molecular complexity index is 790. The summed E-state index contributed by atoms with van der Waals surface area (Å²) in [6.45, 7) is 6.73. The molecule has 0 unspecified atom stereocenters. The Hall–Kier alpha value is -3.10. The quantitative estimate of drug-likeness (QED) is 0.701. The standard InChI is InChI=1S/C21H29N3O6/c1-14-18(27)23(12-16(25)22-11-17(26)29-5)19(21(2,3)4)24(14)20(28)30-13-15-9-7-6-8-10-15/h6-10,14,19H,11-13H2,1-5H3,(H,22,25)/t14-,19-/m0/s1. The highest BCUT2D eigenvalue weighted by molar-refractivity contribution is 5.93. The van der Waals surface area contributed by atoms with Crippen LogP contribution < -0.4 is 5.32 Å². The number of carbonyl (C=O) groups excluding carboxylic acids is 4. The fourth-order valence-electron chi connectivity index (χ4n) is 3.40. The lowest BCUT2D eigenvalue weighted by atomic mass is 9.91. The molecule has 1 heterocycles. The molecule has 1 aromatic carbocycles. The average molecular weight is 419 g/mol. The Labute approximate surface area is 176 Å². The van der Waals surface area contributed by atoms with E-state index >= 15 is 0 Å². The second-order valence-corrected chi connectivity index (χ2v) is 8.18. The average Bonchev–Trinajstić information content (AvgIpc) is 2.96. The van der Waals surface area contributed by atoms with Crippen LogP contribution in [0.1, 0.15) is 33.3 Å². The van der Waals surface area contributed by atoms with Crippen molar-refractivity contribution >= 4 is 23.9 Å². The van der Waals surface area contributed by atoms with Crippen LogP contribution in [0.15, 0.2) is 30.3 Å². The number of ether oxygens (including phenoxy) is 2. The zero-order valence-electron chi connectivity index (χ0n) is 18.0. The summed E-state index contributed by atoms with van der Waals surface area (Å²) >= 11 is 0. The Balaban J connectivity index is 2.15. The van der Waals surface area contributed by atoms with Crippen molar-refractivity contribution in [1.29, 1.82) is 0 Å². The molecule has 0 spiro atoms. The molecule has 1 N–H and O–H groups in total. The summed E-state index contributed by atoms with van der Waals surface area (Å²) in [5, 5.41) is 2.42. The van der Waals surface area contributed by atoms with E-state index in [0.717, 1.165) is 5.56 Å². The smallest absolute Gasteiger partial charge is 0.412 e. The molecule has 3 amide bonds. The predicted octanol–water partition coefficient (Wildman–Crippen LogP) is 1.52. The lowest BCUT2D eigenvalue weighted by Gasteiger charge is -2.39. The highest BCUT2D eigenvalue weighted by atomic mass is 16.6. The number of hydrogen-bond donors (Lipinski definition) is 1. The van der Waals surface area contributed by atoms with Gasteiger partial charge < -0.3 is 19.7 Å². The van der Waals surface area contributed by atoms with Gasteiger partial charge in [0.25, 0.3) is 0 Å². The largest absolute Gasteiger partial charge is 0.468 e. The molecule has 1 aromatic rings. The van der Waals surface area contributed by atoms with Gasteiger partial charge in [0.2, 0.25) is 11.8 Å². The second kappa shape index (κ2) is 9.60. The minimum atomic E-state index is -0.786. The van der Waals surface area contributed by atoms with Crippen molar-refractivity contribution in [3.05, 3.63) is 35.9 Å². The molecule has 2 atom stereocenters. The second-order valence-electron chi connectivity index (χ2n) is 8.18. The topological polar surface area (TPSA) is 105 Å². The maximum atomic E-state index is 12.9. The summed E-state index contributed by atoms with van der Waals surface area (Å²) in [5.41, 5.74) is 0.282. The number of esters is 1. The van der Waals surface area contributed by atoms with Crippen molar-refractivity contribution in [3.8, 4) is 0 Å². The molecule has 9 heteroatoms. The Kier molecular flexibility index (Phi) is 7.42. The molecule has 1 saturated heterocycles. The third kappa shape index (κ3) is 5.49. The van der Waals surface area contributed by atoms with Gasteiger partial charge in [-0.3, -0.25) is 19.3 Å². The van der Waals surface area contributed by atoms with E-state index in [2.05, 4.69) is 10.1 Å². The highest BCUT2D eigenvalue weighted by Crippen LogP contribution is 2.35. The van der Waals surface area contributed by atoms with Gasteiger partial charge in [0, 0.05) is 5.41 Å². The maximum Gasteiger partial charge on any atom is 0.412 e. The number of rotatable bonds is 6. The Morgan fingerprint density at radius 3 is 2.33 bits per heavy atom. The Morgan fingerprint density at radius 1 is 1.13 bits per heavy atom. The molecule has 30 heavy (non-hydrogen) atoms. The van der Waals surface area contributed by atoms with Crippen molar-refractivity contribution in [2.75, 3.05) is 20.2 Å². The number of nitrogens with zero attached hydrogens (tertiary/aromatic N) is 2. The molecule has 0 aliphatic carbocycles. The normalized spacial score (nSPS) is 18.9. The third-order valence-corrected chi connectivity index (χ3v) is 4.78. The van der Waals surface area contributed by atoms with Crippen LogP contribution in [0, 0.1) is 5.41 Å². The third-order valence-electron chi connectivity index (χ3n) is 4.78. The molecule has 164 valence electrons. The van der Waals surface area contributed by atoms with Crippen molar-refractivity contribution in [1.82, 2.24) is 15.1 Å². The summed E-state index contributed by atoms with van der Waals surface area (Å²) in [6.07, 6.45) is -1.32. The van der Waals surface area contributed by atoms with E-state index in [-0.39, 0.29) is 25.6 Å². The Morgan fingerprint density at radius 2 is 1.77 bits per heavy atom. The van der Waals surface area contributed by atoms with Gasteiger partial charge in [0.05, 0.1) is 7.11 Å². The number of methoxy groups -OCH3 is 1. The monoisotopic (exact) mass is 419 g/mol. The first-order valence-corrected chi connectivity index (χ1v) is 9.69.